The second-order valence-corrected chi connectivity index (χ2v) is 7.03. The van der Waals surface area contributed by atoms with E-state index < -0.39 is 0 Å². The topological polar surface area (TPSA) is 35.2 Å². The van der Waals surface area contributed by atoms with Crippen LogP contribution in [0.4, 0.5) is 0 Å². The number of benzene rings is 1. The van der Waals surface area contributed by atoms with Crippen molar-refractivity contribution in [3.63, 3.8) is 0 Å². The molecule has 1 atom stereocenters. The summed E-state index contributed by atoms with van der Waals surface area (Å²) in [6.07, 6.45) is 3.21. The smallest absolute Gasteiger partial charge is 0.124 e. The summed E-state index contributed by atoms with van der Waals surface area (Å²) in [5, 5.41) is 0. The van der Waals surface area contributed by atoms with Crippen molar-refractivity contribution in [1.82, 2.24) is 0 Å². The van der Waals surface area contributed by atoms with Gasteiger partial charge in [0.15, 0.2) is 0 Å². The van der Waals surface area contributed by atoms with E-state index in [2.05, 4.69) is 22.0 Å². The minimum absolute atomic E-state index is 0.00545. The molecular formula is C13H16BrNOS. The molecule has 0 aromatic heterocycles. The molecule has 1 unspecified atom stereocenters. The molecule has 92 valence electrons. The first-order valence-corrected chi connectivity index (χ1v) is 7.95. The Morgan fingerprint density at radius 1 is 1.35 bits per heavy atom. The van der Waals surface area contributed by atoms with Gasteiger partial charge in [-0.05, 0) is 42.5 Å². The highest BCUT2D eigenvalue weighted by Gasteiger charge is 2.40. The average molecular weight is 314 g/mol. The van der Waals surface area contributed by atoms with Crippen LogP contribution in [0.3, 0.4) is 0 Å². The van der Waals surface area contributed by atoms with Gasteiger partial charge in [0.25, 0.3) is 0 Å². The number of nitrogens with two attached hydrogens (primary N) is 1. The maximum Gasteiger partial charge on any atom is 0.124 e. The monoisotopic (exact) mass is 313 g/mol. The van der Waals surface area contributed by atoms with Crippen LogP contribution in [0.2, 0.25) is 0 Å². The van der Waals surface area contributed by atoms with Gasteiger partial charge in [0.05, 0.1) is 0 Å². The van der Waals surface area contributed by atoms with Crippen LogP contribution in [-0.4, -0.2) is 17.1 Å². The fourth-order valence-electron chi connectivity index (χ4n) is 2.74. The lowest BCUT2D eigenvalue weighted by molar-refractivity contribution is 0.0279. The number of ether oxygens (including phenoxy) is 1. The van der Waals surface area contributed by atoms with Gasteiger partial charge in [-0.25, -0.2) is 0 Å². The zero-order valence-electron chi connectivity index (χ0n) is 9.62. The van der Waals surface area contributed by atoms with Crippen molar-refractivity contribution in [1.29, 1.82) is 0 Å². The maximum atomic E-state index is 6.31. The molecule has 17 heavy (non-hydrogen) atoms. The minimum Gasteiger partial charge on any atom is -0.487 e. The number of thioether (sulfide) groups is 1. The van der Waals surface area contributed by atoms with Crippen LogP contribution in [0.15, 0.2) is 22.7 Å². The lowest BCUT2D eigenvalue weighted by Gasteiger charge is -2.43. The van der Waals surface area contributed by atoms with Crippen LogP contribution in [0.25, 0.3) is 0 Å². The molecule has 0 radical (unpaired) electrons. The molecule has 2 aliphatic heterocycles. The molecule has 1 aromatic rings. The molecule has 1 saturated heterocycles. The maximum absolute atomic E-state index is 6.31. The van der Waals surface area contributed by atoms with Crippen molar-refractivity contribution in [2.24, 2.45) is 5.73 Å². The Balaban J connectivity index is 1.94. The van der Waals surface area contributed by atoms with Gasteiger partial charge in [-0.3, -0.25) is 0 Å². The Kier molecular flexibility index (Phi) is 3.13. The van der Waals surface area contributed by atoms with Gasteiger partial charge in [0.2, 0.25) is 0 Å². The van der Waals surface area contributed by atoms with Crippen LogP contribution in [-0.2, 0) is 0 Å². The van der Waals surface area contributed by atoms with E-state index in [0.29, 0.717) is 0 Å². The Bertz CT molecular complexity index is 431. The number of fused-ring (bicyclic) bond motifs is 1. The molecule has 1 aromatic carbocycles. The largest absolute Gasteiger partial charge is 0.487 e. The van der Waals surface area contributed by atoms with Crippen molar-refractivity contribution in [3.05, 3.63) is 28.2 Å². The van der Waals surface area contributed by atoms with Gasteiger partial charge >= 0.3 is 0 Å². The van der Waals surface area contributed by atoms with Gasteiger partial charge in [0.1, 0.15) is 11.4 Å². The SMILES string of the molecule is NC1CC2(CCSCC2)Oc2ccc(Br)cc21. The van der Waals surface area contributed by atoms with Crippen LogP contribution < -0.4 is 10.5 Å². The fraction of sp³-hybridized carbons (Fsp3) is 0.538. The van der Waals surface area contributed by atoms with Crippen LogP contribution in [0, 0.1) is 0 Å². The number of hydrogen-bond donors (Lipinski definition) is 1. The molecule has 1 fully saturated rings. The average Bonchev–Trinajstić information content (AvgIpc) is 2.31. The van der Waals surface area contributed by atoms with Crippen molar-refractivity contribution < 1.29 is 4.74 Å². The lowest BCUT2D eigenvalue weighted by Crippen LogP contribution is -2.45. The molecule has 0 bridgehead atoms. The standard InChI is InChI=1S/C13H16BrNOS/c14-9-1-2-12-10(7-9)11(15)8-13(16-12)3-5-17-6-4-13/h1-2,7,11H,3-6,8,15H2. The molecule has 0 aliphatic carbocycles. The second kappa shape index (κ2) is 4.48. The van der Waals surface area contributed by atoms with E-state index in [1.165, 1.54) is 11.5 Å². The van der Waals surface area contributed by atoms with Crippen molar-refractivity contribution >= 4 is 27.7 Å². The predicted molar refractivity (Wildman–Crippen MR) is 75.6 cm³/mol. The normalized spacial score (nSPS) is 26.4. The zero-order valence-corrected chi connectivity index (χ0v) is 12.0. The van der Waals surface area contributed by atoms with Crippen molar-refractivity contribution in [2.45, 2.75) is 30.9 Å². The molecule has 3 rings (SSSR count). The van der Waals surface area contributed by atoms with Gasteiger partial charge in [-0.15, -0.1) is 0 Å². The summed E-state index contributed by atoms with van der Waals surface area (Å²) in [5.74, 6) is 3.37. The third-order valence-electron chi connectivity index (χ3n) is 3.69. The summed E-state index contributed by atoms with van der Waals surface area (Å²) in [6, 6.07) is 6.27. The number of hydrogen-bond acceptors (Lipinski definition) is 3. The minimum atomic E-state index is 0.00545. The fourth-order valence-corrected chi connectivity index (χ4v) is 4.35. The first kappa shape index (κ1) is 11.9. The Morgan fingerprint density at radius 3 is 2.88 bits per heavy atom. The van der Waals surface area contributed by atoms with Crippen LogP contribution >= 0.6 is 27.7 Å². The first-order valence-electron chi connectivity index (χ1n) is 6.00. The van der Waals surface area contributed by atoms with E-state index in [-0.39, 0.29) is 11.6 Å². The molecule has 2 N–H and O–H groups in total. The van der Waals surface area contributed by atoms with Crippen LogP contribution in [0.5, 0.6) is 5.75 Å². The van der Waals surface area contributed by atoms with E-state index in [9.17, 15) is 0 Å². The highest BCUT2D eigenvalue weighted by molar-refractivity contribution is 9.10. The highest BCUT2D eigenvalue weighted by atomic mass is 79.9. The molecular weight excluding hydrogens is 298 g/mol. The summed E-state index contributed by atoms with van der Waals surface area (Å²) < 4.78 is 7.35. The van der Waals surface area contributed by atoms with E-state index in [4.69, 9.17) is 10.5 Å². The molecule has 4 heteroatoms. The van der Waals surface area contributed by atoms with Crippen molar-refractivity contribution in [3.8, 4) is 5.75 Å². The van der Waals surface area contributed by atoms with E-state index in [1.54, 1.807) is 0 Å². The number of halogens is 1. The van der Waals surface area contributed by atoms with Gasteiger partial charge in [-0.1, -0.05) is 15.9 Å². The molecule has 2 heterocycles. The van der Waals surface area contributed by atoms with Gasteiger partial charge in [0, 0.05) is 22.5 Å². The third kappa shape index (κ3) is 2.23. The summed E-state index contributed by atoms with van der Waals surface area (Å²) >= 11 is 5.51. The molecule has 2 nitrogen and oxygen atoms in total. The Labute approximate surface area is 114 Å². The third-order valence-corrected chi connectivity index (χ3v) is 5.17. The summed E-state index contributed by atoms with van der Waals surface area (Å²) in [4.78, 5) is 0. The molecule has 1 spiro atoms. The van der Waals surface area contributed by atoms with E-state index in [1.807, 2.05) is 23.9 Å². The molecule has 0 amide bonds. The lowest BCUT2D eigenvalue weighted by atomic mass is 9.83. The number of rotatable bonds is 0. The first-order chi connectivity index (χ1) is 8.19. The summed E-state index contributed by atoms with van der Waals surface area (Å²) in [7, 11) is 0. The van der Waals surface area contributed by atoms with Gasteiger partial charge < -0.3 is 10.5 Å². The van der Waals surface area contributed by atoms with Gasteiger partial charge in [-0.2, -0.15) is 11.8 Å². The summed E-state index contributed by atoms with van der Waals surface area (Å²) in [5.41, 5.74) is 7.46. The summed E-state index contributed by atoms with van der Waals surface area (Å²) in [6.45, 7) is 0. The van der Waals surface area contributed by atoms with E-state index >= 15 is 0 Å². The highest BCUT2D eigenvalue weighted by Crippen LogP contribution is 2.45. The quantitative estimate of drug-likeness (QED) is 0.796. The molecule has 0 saturated carbocycles. The second-order valence-electron chi connectivity index (χ2n) is 4.89. The van der Waals surface area contributed by atoms with E-state index in [0.717, 1.165) is 35.0 Å². The van der Waals surface area contributed by atoms with Crippen molar-refractivity contribution in [2.75, 3.05) is 11.5 Å². The Hall–Kier alpha value is -0.190. The Morgan fingerprint density at radius 2 is 2.12 bits per heavy atom. The zero-order chi connectivity index (χ0) is 11.9. The predicted octanol–water partition coefficient (Wildman–Crippen LogP) is 3.50. The molecule has 2 aliphatic rings. The van der Waals surface area contributed by atoms with Crippen LogP contribution in [0.1, 0.15) is 30.9 Å².